The molecule has 0 aliphatic heterocycles. The van der Waals surface area contributed by atoms with Crippen molar-refractivity contribution < 1.29 is 0 Å². The van der Waals surface area contributed by atoms with Gasteiger partial charge in [-0.1, -0.05) is 34.1 Å². The van der Waals surface area contributed by atoms with E-state index in [2.05, 4.69) is 52.0 Å². The topological polar surface area (TPSA) is 57.8 Å². The summed E-state index contributed by atoms with van der Waals surface area (Å²) in [6.45, 7) is 6.80. The third-order valence-electron chi connectivity index (χ3n) is 2.72. The lowest BCUT2D eigenvalue weighted by Crippen LogP contribution is -2.35. The van der Waals surface area contributed by atoms with Crippen LogP contribution in [-0.2, 0) is 6.54 Å². The molecular weight excluding hydrogens is 318 g/mol. The van der Waals surface area contributed by atoms with E-state index in [0.29, 0.717) is 12.4 Å². The summed E-state index contributed by atoms with van der Waals surface area (Å²) in [6.07, 6.45) is 0. The average molecular weight is 336 g/mol. The molecule has 106 valence electrons. The van der Waals surface area contributed by atoms with Gasteiger partial charge < -0.3 is 10.3 Å². The minimum absolute atomic E-state index is 0.0161. The maximum atomic E-state index is 11.8. The van der Waals surface area contributed by atoms with Crippen LogP contribution in [0.5, 0.6) is 0 Å². The van der Waals surface area contributed by atoms with Gasteiger partial charge in [0.15, 0.2) is 0 Å². The van der Waals surface area contributed by atoms with Crippen molar-refractivity contribution in [3.8, 4) is 11.4 Å². The standard InChI is InChI=1S/C15H18BrN3O/c1-15(2,3)17-9-10-8-13(20)19-14(18-10)11-6-4-5-7-12(11)16/h4-8,17H,9H2,1-3H3,(H,18,19,20). The Bertz CT molecular complexity index is 659. The van der Waals surface area contributed by atoms with Gasteiger partial charge in [-0.25, -0.2) is 4.98 Å². The van der Waals surface area contributed by atoms with Crippen LogP contribution < -0.4 is 10.9 Å². The molecule has 0 aliphatic carbocycles. The summed E-state index contributed by atoms with van der Waals surface area (Å²) in [4.78, 5) is 19.1. The zero-order valence-corrected chi connectivity index (χ0v) is 13.4. The second-order valence-electron chi connectivity index (χ2n) is 5.67. The third kappa shape index (κ3) is 4.02. The van der Waals surface area contributed by atoms with E-state index in [1.54, 1.807) is 0 Å². The van der Waals surface area contributed by atoms with Gasteiger partial charge in [-0.2, -0.15) is 0 Å². The molecule has 1 heterocycles. The number of nitrogens with one attached hydrogen (secondary N) is 2. The van der Waals surface area contributed by atoms with Crippen LogP contribution in [0.1, 0.15) is 26.5 Å². The number of rotatable bonds is 3. The van der Waals surface area contributed by atoms with Crippen LogP contribution in [0.15, 0.2) is 39.6 Å². The number of H-pyrrole nitrogens is 1. The smallest absolute Gasteiger partial charge is 0.251 e. The number of aromatic nitrogens is 2. The summed E-state index contributed by atoms with van der Waals surface area (Å²) in [5.41, 5.74) is 1.45. The third-order valence-corrected chi connectivity index (χ3v) is 3.42. The van der Waals surface area contributed by atoms with Gasteiger partial charge in [0.25, 0.3) is 5.56 Å². The summed E-state index contributed by atoms with van der Waals surface area (Å²) >= 11 is 3.48. The lowest BCUT2D eigenvalue weighted by atomic mass is 10.1. The van der Waals surface area contributed by atoms with Crippen molar-refractivity contribution >= 4 is 15.9 Å². The molecule has 0 saturated carbocycles. The highest BCUT2D eigenvalue weighted by atomic mass is 79.9. The lowest BCUT2D eigenvalue weighted by Gasteiger charge is -2.20. The minimum Gasteiger partial charge on any atom is -0.306 e. The molecule has 0 unspecified atom stereocenters. The van der Waals surface area contributed by atoms with E-state index in [-0.39, 0.29) is 11.1 Å². The summed E-state index contributed by atoms with van der Waals surface area (Å²) < 4.78 is 0.907. The zero-order chi connectivity index (χ0) is 14.8. The molecule has 0 spiro atoms. The summed E-state index contributed by atoms with van der Waals surface area (Å²) in [5.74, 6) is 0.579. The SMILES string of the molecule is CC(C)(C)NCc1cc(=O)[nH]c(-c2ccccc2Br)n1. The van der Waals surface area contributed by atoms with Gasteiger partial charge >= 0.3 is 0 Å². The van der Waals surface area contributed by atoms with Gasteiger partial charge in [-0.3, -0.25) is 4.79 Å². The molecule has 2 rings (SSSR count). The van der Waals surface area contributed by atoms with Crippen LogP contribution in [-0.4, -0.2) is 15.5 Å². The quantitative estimate of drug-likeness (QED) is 0.906. The Kier molecular flexibility index (Phi) is 4.40. The molecule has 20 heavy (non-hydrogen) atoms. The van der Waals surface area contributed by atoms with Crippen molar-refractivity contribution in [2.24, 2.45) is 0 Å². The Labute approximate surface area is 126 Å². The Morgan fingerprint density at radius 3 is 2.65 bits per heavy atom. The summed E-state index contributed by atoms with van der Waals surface area (Å²) in [5, 5.41) is 3.33. The number of hydrogen-bond donors (Lipinski definition) is 2. The molecule has 2 N–H and O–H groups in total. The van der Waals surface area contributed by atoms with Crippen molar-refractivity contribution in [3.05, 3.63) is 50.9 Å². The van der Waals surface area contributed by atoms with Crippen molar-refractivity contribution in [2.45, 2.75) is 32.9 Å². The molecule has 0 saturated heterocycles. The number of halogens is 1. The van der Waals surface area contributed by atoms with E-state index in [1.165, 1.54) is 6.07 Å². The second-order valence-corrected chi connectivity index (χ2v) is 6.52. The predicted molar refractivity (Wildman–Crippen MR) is 84.6 cm³/mol. The second kappa shape index (κ2) is 5.89. The molecule has 0 fully saturated rings. The van der Waals surface area contributed by atoms with Crippen molar-refractivity contribution in [3.63, 3.8) is 0 Å². The molecule has 0 aliphatic rings. The van der Waals surface area contributed by atoms with Gasteiger partial charge in [0.05, 0.1) is 5.69 Å². The van der Waals surface area contributed by atoms with E-state index < -0.39 is 0 Å². The number of nitrogens with zero attached hydrogens (tertiary/aromatic N) is 1. The first-order valence-electron chi connectivity index (χ1n) is 6.45. The molecule has 0 bridgehead atoms. The van der Waals surface area contributed by atoms with E-state index in [4.69, 9.17) is 0 Å². The van der Waals surface area contributed by atoms with E-state index in [0.717, 1.165) is 15.7 Å². The molecule has 4 nitrogen and oxygen atoms in total. The van der Waals surface area contributed by atoms with Crippen LogP contribution in [0.2, 0.25) is 0 Å². The highest BCUT2D eigenvalue weighted by Gasteiger charge is 2.11. The normalized spacial score (nSPS) is 11.6. The number of benzene rings is 1. The highest BCUT2D eigenvalue weighted by Crippen LogP contribution is 2.24. The van der Waals surface area contributed by atoms with Crippen LogP contribution in [0.3, 0.4) is 0 Å². The zero-order valence-electron chi connectivity index (χ0n) is 11.8. The van der Waals surface area contributed by atoms with E-state index in [1.807, 2.05) is 24.3 Å². The fourth-order valence-electron chi connectivity index (χ4n) is 1.74. The maximum absolute atomic E-state index is 11.8. The number of hydrogen-bond acceptors (Lipinski definition) is 3. The molecule has 1 aromatic heterocycles. The van der Waals surface area contributed by atoms with Crippen molar-refractivity contribution in [1.82, 2.24) is 15.3 Å². The fourth-order valence-corrected chi connectivity index (χ4v) is 2.21. The molecule has 0 radical (unpaired) electrons. The summed E-state index contributed by atoms with van der Waals surface area (Å²) in [6, 6.07) is 9.22. The molecule has 0 atom stereocenters. The monoisotopic (exact) mass is 335 g/mol. The van der Waals surface area contributed by atoms with Crippen LogP contribution in [0.4, 0.5) is 0 Å². The Morgan fingerprint density at radius 2 is 2.00 bits per heavy atom. The van der Waals surface area contributed by atoms with Gasteiger partial charge in [0, 0.05) is 28.2 Å². The molecule has 1 aromatic carbocycles. The number of aromatic amines is 1. The first-order chi connectivity index (χ1) is 9.35. The van der Waals surface area contributed by atoms with Crippen LogP contribution >= 0.6 is 15.9 Å². The lowest BCUT2D eigenvalue weighted by molar-refractivity contribution is 0.421. The average Bonchev–Trinajstić information content (AvgIpc) is 2.35. The molecule has 2 aromatic rings. The molecule has 5 heteroatoms. The maximum Gasteiger partial charge on any atom is 0.251 e. The first kappa shape index (κ1) is 14.9. The Morgan fingerprint density at radius 1 is 1.30 bits per heavy atom. The highest BCUT2D eigenvalue weighted by molar-refractivity contribution is 9.10. The first-order valence-corrected chi connectivity index (χ1v) is 7.25. The molecule has 0 amide bonds. The van der Waals surface area contributed by atoms with Gasteiger partial charge in [0.1, 0.15) is 5.82 Å². The van der Waals surface area contributed by atoms with Crippen LogP contribution in [0.25, 0.3) is 11.4 Å². The van der Waals surface area contributed by atoms with E-state index in [9.17, 15) is 4.79 Å². The fraction of sp³-hybridized carbons (Fsp3) is 0.333. The largest absolute Gasteiger partial charge is 0.306 e. The Balaban J connectivity index is 2.35. The summed E-state index contributed by atoms with van der Waals surface area (Å²) in [7, 11) is 0. The van der Waals surface area contributed by atoms with Gasteiger partial charge in [0.2, 0.25) is 0 Å². The van der Waals surface area contributed by atoms with Gasteiger partial charge in [-0.15, -0.1) is 0 Å². The van der Waals surface area contributed by atoms with Gasteiger partial charge in [-0.05, 0) is 26.8 Å². The van der Waals surface area contributed by atoms with Crippen LogP contribution in [0, 0.1) is 0 Å². The van der Waals surface area contributed by atoms with Crippen molar-refractivity contribution in [1.29, 1.82) is 0 Å². The molecular formula is C15H18BrN3O. The predicted octanol–water partition coefficient (Wildman–Crippen LogP) is 3.09. The van der Waals surface area contributed by atoms with E-state index >= 15 is 0 Å². The van der Waals surface area contributed by atoms with Crippen molar-refractivity contribution in [2.75, 3.05) is 0 Å². The Hall–Kier alpha value is -1.46. The minimum atomic E-state index is -0.142.